The molecule has 0 spiro atoms. The van der Waals surface area contributed by atoms with E-state index in [9.17, 15) is 14.0 Å². The first kappa shape index (κ1) is 27.0. The Morgan fingerprint density at radius 1 is 1.16 bits per heavy atom. The summed E-state index contributed by atoms with van der Waals surface area (Å²) in [5.74, 6) is -0.664. The molecule has 1 aromatic carbocycles. The molecule has 1 amide bonds. The van der Waals surface area contributed by atoms with Gasteiger partial charge in [0.15, 0.2) is 5.69 Å². The maximum absolute atomic E-state index is 14.2. The summed E-state index contributed by atoms with van der Waals surface area (Å²) in [7, 11) is 1.31. The number of methoxy groups -OCH3 is 1. The molecule has 7 nitrogen and oxygen atoms in total. The summed E-state index contributed by atoms with van der Waals surface area (Å²) in [4.78, 5) is 28.8. The highest BCUT2D eigenvalue weighted by atomic mass is 19.1. The minimum atomic E-state index is -0.474. The third-order valence-electron chi connectivity index (χ3n) is 7.44. The van der Waals surface area contributed by atoms with Crippen molar-refractivity contribution in [1.82, 2.24) is 10.3 Å². The van der Waals surface area contributed by atoms with Crippen molar-refractivity contribution >= 4 is 18.0 Å². The molecular formula is C29H37FN2O5. The number of nitrogens with one attached hydrogen (secondary N) is 1. The van der Waals surface area contributed by atoms with Crippen LogP contribution in [0.3, 0.4) is 0 Å². The third-order valence-corrected chi connectivity index (χ3v) is 7.44. The van der Waals surface area contributed by atoms with Crippen molar-refractivity contribution in [3.05, 3.63) is 59.1 Å². The fourth-order valence-electron chi connectivity index (χ4n) is 5.51. The second kappa shape index (κ2) is 13.0. The van der Waals surface area contributed by atoms with E-state index in [0.717, 1.165) is 36.8 Å². The summed E-state index contributed by atoms with van der Waals surface area (Å²) < 4.78 is 30.9. The van der Waals surface area contributed by atoms with E-state index in [0.29, 0.717) is 18.9 Å². The van der Waals surface area contributed by atoms with Crippen molar-refractivity contribution in [2.45, 2.75) is 82.8 Å². The lowest BCUT2D eigenvalue weighted by Gasteiger charge is -2.26. The van der Waals surface area contributed by atoms with E-state index in [2.05, 4.69) is 22.0 Å². The Balaban J connectivity index is 1.42. The molecule has 3 heterocycles. The summed E-state index contributed by atoms with van der Waals surface area (Å²) >= 11 is 0. The lowest BCUT2D eigenvalue weighted by Crippen LogP contribution is -2.28. The summed E-state index contributed by atoms with van der Waals surface area (Å²) in [6.07, 6.45) is 13.6. The maximum Gasteiger partial charge on any atom is 0.330 e. The van der Waals surface area contributed by atoms with Crippen LogP contribution in [0.5, 0.6) is 0 Å². The first-order valence-corrected chi connectivity index (χ1v) is 13.4. The second-order valence-corrected chi connectivity index (χ2v) is 9.98. The van der Waals surface area contributed by atoms with E-state index in [1.54, 1.807) is 12.1 Å². The number of carbonyl (C=O) groups excluding carboxylic acids is 2. The number of fused-ring (bicyclic) bond motifs is 2. The number of nitrogens with zero attached hydrogens (tertiary/aromatic N) is 1. The molecule has 2 aliphatic rings. The zero-order valence-electron chi connectivity index (χ0n) is 21.7. The first-order valence-electron chi connectivity index (χ1n) is 13.4. The van der Waals surface area contributed by atoms with Gasteiger partial charge in [-0.25, -0.2) is 14.2 Å². The topological polar surface area (TPSA) is 90.7 Å². The van der Waals surface area contributed by atoms with Crippen LogP contribution in [0, 0.1) is 11.7 Å². The molecule has 200 valence electrons. The molecule has 2 aromatic rings. The Kier molecular flexibility index (Phi) is 9.50. The van der Waals surface area contributed by atoms with Crippen LogP contribution in [0.15, 0.2) is 35.0 Å². The van der Waals surface area contributed by atoms with Gasteiger partial charge in [0.2, 0.25) is 5.89 Å². The molecule has 0 saturated carbocycles. The van der Waals surface area contributed by atoms with Crippen LogP contribution in [0.4, 0.5) is 4.39 Å². The van der Waals surface area contributed by atoms with Gasteiger partial charge in [-0.05, 0) is 55.0 Å². The van der Waals surface area contributed by atoms with Gasteiger partial charge in [0, 0.05) is 18.5 Å². The van der Waals surface area contributed by atoms with Gasteiger partial charge in [0.05, 0.1) is 25.2 Å². The van der Waals surface area contributed by atoms with Crippen LogP contribution in [-0.4, -0.2) is 42.7 Å². The van der Waals surface area contributed by atoms with E-state index >= 15 is 0 Å². The third kappa shape index (κ3) is 6.86. The van der Waals surface area contributed by atoms with E-state index in [4.69, 9.17) is 9.15 Å². The average molecular weight is 513 g/mol. The minimum absolute atomic E-state index is 0.00703. The van der Waals surface area contributed by atoms with Gasteiger partial charge in [0.25, 0.3) is 5.91 Å². The van der Waals surface area contributed by atoms with Gasteiger partial charge in [-0.2, -0.15) is 0 Å². The van der Waals surface area contributed by atoms with E-state index in [1.807, 2.05) is 0 Å². The van der Waals surface area contributed by atoms with Crippen LogP contribution < -0.4 is 5.32 Å². The standard InChI is InChI=1S/C29H37FN2O5/c1-3-4-5-6-7-8-15-31-28(34)23-18-36-29(32-23)27-22(24-12-13-25(27)37-24)17-20-16-21(30)11-9-19(20)10-14-26(33)35-2/h9-11,14,16,18,22,24-25,27H,3-8,12-13,15,17H2,1-2H3,(H,31,34)/b14-10+/t22-,24+,25?,27?/m0/s1. The van der Waals surface area contributed by atoms with Gasteiger partial charge >= 0.3 is 5.97 Å². The molecule has 4 rings (SSSR count). The molecule has 2 fully saturated rings. The van der Waals surface area contributed by atoms with Crippen LogP contribution in [0.1, 0.15) is 91.7 Å². The second-order valence-electron chi connectivity index (χ2n) is 9.98. The molecule has 8 heteroatoms. The van der Waals surface area contributed by atoms with E-state index in [1.165, 1.54) is 57.3 Å². The van der Waals surface area contributed by atoms with E-state index < -0.39 is 5.97 Å². The Labute approximate surface area is 217 Å². The normalized spacial score (nSPS) is 22.6. The van der Waals surface area contributed by atoms with Gasteiger partial charge in [-0.3, -0.25) is 4.79 Å². The predicted octanol–water partition coefficient (Wildman–Crippen LogP) is 5.59. The molecule has 0 aliphatic carbocycles. The van der Waals surface area contributed by atoms with Crippen molar-refractivity contribution < 1.29 is 27.9 Å². The fraction of sp³-hybridized carbons (Fsp3) is 0.552. The van der Waals surface area contributed by atoms with Crippen LogP contribution in [-0.2, 0) is 20.7 Å². The smallest absolute Gasteiger partial charge is 0.330 e. The number of benzene rings is 1. The maximum atomic E-state index is 14.2. The lowest BCUT2D eigenvalue weighted by atomic mass is 9.75. The molecule has 2 bridgehead atoms. The Morgan fingerprint density at radius 3 is 2.76 bits per heavy atom. The number of hydrogen-bond acceptors (Lipinski definition) is 6. The molecule has 1 aromatic heterocycles. The van der Waals surface area contributed by atoms with Crippen molar-refractivity contribution in [1.29, 1.82) is 0 Å². The number of halogens is 1. The molecule has 2 saturated heterocycles. The number of ether oxygens (including phenoxy) is 2. The number of amides is 1. The highest BCUT2D eigenvalue weighted by Crippen LogP contribution is 2.50. The minimum Gasteiger partial charge on any atom is -0.466 e. The number of rotatable bonds is 13. The molecule has 2 unspecified atom stereocenters. The van der Waals surface area contributed by atoms with Crippen LogP contribution >= 0.6 is 0 Å². The first-order chi connectivity index (χ1) is 18.0. The number of esters is 1. The number of aromatic nitrogens is 1. The summed E-state index contributed by atoms with van der Waals surface area (Å²) in [5, 5.41) is 2.94. The predicted molar refractivity (Wildman–Crippen MR) is 137 cm³/mol. The average Bonchev–Trinajstić information content (AvgIpc) is 3.64. The zero-order valence-corrected chi connectivity index (χ0v) is 21.7. The van der Waals surface area contributed by atoms with Crippen molar-refractivity contribution in [2.75, 3.05) is 13.7 Å². The number of oxazole rings is 1. The molecule has 0 radical (unpaired) electrons. The van der Waals surface area contributed by atoms with Crippen molar-refractivity contribution in [3.63, 3.8) is 0 Å². The Bertz CT molecular complexity index is 1100. The zero-order chi connectivity index (χ0) is 26.2. The van der Waals surface area contributed by atoms with Crippen LogP contribution in [0.2, 0.25) is 0 Å². The monoisotopic (exact) mass is 512 g/mol. The highest BCUT2D eigenvalue weighted by molar-refractivity contribution is 5.91. The molecule has 2 aliphatic heterocycles. The fourth-order valence-corrected chi connectivity index (χ4v) is 5.51. The molecule has 4 atom stereocenters. The number of hydrogen-bond donors (Lipinski definition) is 1. The largest absolute Gasteiger partial charge is 0.466 e. The van der Waals surface area contributed by atoms with Gasteiger partial charge in [-0.1, -0.05) is 45.1 Å². The molecular weight excluding hydrogens is 475 g/mol. The van der Waals surface area contributed by atoms with Crippen molar-refractivity contribution in [3.8, 4) is 0 Å². The summed E-state index contributed by atoms with van der Waals surface area (Å²) in [6, 6.07) is 4.53. The molecule has 37 heavy (non-hydrogen) atoms. The quantitative estimate of drug-likeness (QED) is 0.214. The van der Waals surface area contributed by atoms with Crippen molar-refractivity contribution in [2.24, 2.45) is 5.92 Å². The Morgan fingerprint density at radius 2 is 1.95 bits per heavy atom. The highest BCUT2D eigenvalue weighted by Gasteiger charge is 2.51. The van der Waals surface area contributed by atoms with Gasteiger partial charge in [0.1, 0.15) is 12.1 Å². The SMILES string of the molecule is CCCCCCCCNC(=O)c1coc(C2C3CC[C@@H](O3)[C@@H]2Cc2cc(F)ccc2/C=C/C(=O)OC)n1. The van der Waals surface area contributed by atoms with Gasteiger partial charge < -0.3 is 19.2 Å². The Hall–Kier alpha value is -3.00. The number of carbonyl (C=O) groups is 2. The summed E-state index contributed by atoms with van der Waals surface area (Å²) in [6.45, 7) is 2.82. The van der Waals surface area contributed by atoms with Crippen LogP contribution in [0.25, 0.3) is 6.08 Å². The molecule has 1 N–H and O–H groups in total. The van der Waals surface area contributed by atoms with E-state index in [-0.39, 0.29) is 41.5 Å². The number of unbranched alkanes of at least 4 members (excludes halogenated alkanes) is 5. The lowest BCUT2D eigenvalue weighted by molar-refractivity contribution is -0.134. The van der Waals surface area contributed by atoms with Gasteiger partial charge in [-0.15, -0.1) is 0 Å². The summed E-state index contributed by atoms with van der Waals surface area (Å²) in [5.41, 5.74) is 1.79.